The molecule has 0 aliphatic carbocycles. The summed E-state index contributed by atoms with van der Waals surface area (Å²) in [7, 11) is 0. The maximum Gasteiger partial charge on any atom is 0.153 e. The number of benzene rings is 1. The van der Waals surface area contributed by atoms with Crippen molar-refractivity contribution in [3.8, 4) is 0 Å². The Morgan fingerprint density at radius 1 is 1.47 bits per heavy atom. The number of nitrogens with zero attached hydrogens (tertiary/aromatic N) is 1. The summed E-state index contributed by atoms with van der Waals surface area (Å²) in [5.74, 6) is -1.26. The maximum atomic E-state index is 13.2. The topological polar surface area (TPSA) is 38.4 Å². The van der Waals surface area contributed by atoms with Gasteiger partial charge in [-0.15, -0.1) is 0 Å². The van der Waals surface area contributed by atoms with E-state index in [1.807, 2.05) is 6.92 Å². The molecule has 0 aliphatic rings. The molecule has 0 spiro atoms. The molecule has 0 unspecified atom stereocenters. The van der Waals surface area contributed by atoms with Gasteiger partial charge in [0.25, 0.3) is 0 Å². The van der Waals surface area contributed by atoms with Gasteiger partial charge in [-0.3, -0.25) is 0 Å². The van der Waals surface area contributed by atoms with Crippen LogP contribution in [0.4, 0.5) is 14.5 Å². The number of rotatable bonds is 3. The van der Waals surface area contributed by atoms with Crippen LogP contribution >= 0.6 is 11.6 Å². The highest BCUT2D eigenvalue weighted by atomic mass is 35.5. The Morgan fingerprint density at radius 3 is 2.67 bits per heavy atom. The quantitative estimate of drug-likeness (QED) is 0.630. The molecule has 0 amide bonds. The van der Waals surface area contributed by atoms with E-state index >= 15 is 0 Å². The molecular weight excluding hydrogens is 222 g/mol. The Labute approximate surface area is 91.8 Å². The molecule has 0 aliphatic heterocycles. The van der Waals surface area contributed by atoms with E-state index in [1.165, 1.54) is 0 Å². The first-order valence-corrected chi connectivity index (χ1v) is 4.90. The van der Waals surface area contributed by atoms with Crippen LogP contribution in [-0.2, 0) is 0 Å². The molecule has 1 aromatic rings. The zero-order valence-electron chi connectivity index (χ0n) is 8.23. The van der Waals surface area contributed by atoms with Crippen molar-refractivity contribution in [1.29, 1.82) is 0 Å². The SMILES string of the molecule is CCCC(N)=Nc1c(F)cc(F)cc1Cl. The number of nitrogens with two attached hydrogens (primary N) is 1. The van der Waals surface area contributed by atoms with Crippen LogP contribution in [0.15, 0.2) is 17.1 Å². The van der Waals surface area contributed by atoms with Gasteiger partial charge in [0.15, 0.2) is 5.82 Å². The van der Waals surface area contributed by atoms with E-state index in [-0.39, 0.29) is 16.5 Å². The van der Waals surface area contributed by atoms with Crippen molar-refractivity contribution in [2.24, 2.45) is 10.7 Å². The lowest BCUT2D eigenvalue weighted by Crippen LogP contribution is -2.10. The summed E-state index contributed by atoms with van der Waals surface area (Å²) in [5, 5.41) is -0.0773. The highest BCUT2D eigenvalue weighted by Crippen LogP contribution is 2.29. The number of amidine groups is 1. The van der Waals surface area contributed by atoms with Crippen LogP contribution < -0.4 is 5.73 Å². The second kappa shape index (κ2) is 5.07. The zero-order chi connectivity index (χ0) is 11.4. The van der Waals surface area contributed by atoms with Gasteiger partial charge in [-0.1, -0.05) is 18.5 Å². The van der Waals surface area contributed by atoms with Crippen molar-refractivity contribution in [3.63, 3.8) is 0 Å². The lowest BCUT2D eigenvalue weighted by Gasteiger charge is -2.02. The molecule has 0 atom stereocenters. The summed E-state index contributed by atoms with van der Waals surface area (Å²) in [5.41, 5.74) is 5.42. The van der Waals surface area contributed by atoms with Gasteiger partial charge in [0.2, 0.25) is 0 Å². The average molecular weight is 233 g/mol. The number of hydrogen-bond donors (Lipinski definition) is 1. The molecule has 1 rings (SSSR count). The summed E-state index contributed by atoms with van der Waals surface area (Å²) < 4.78 is 25.9. The monoisotopic (exact) mass is 232 g/mol. The predicted molar refractivity (Wildman–Crippen MR) is 57.6 cm³/mol. The maximum absolute atomic E-state index is 13.2. The van der Waals surface area contributed by atoms with Crippen LogP contribution in [0.2, 0.25) is 5.02 Å². The van der Waals surface area contributed by atoms with Gasteiger partial charge in [0.1, 0.15) is 11.5 Å². The van der Waals surface area contributed by atoms with E-state index in [0.29, 0.717) is 6.42 Å². The third kappa shape index (κ3) is 3.16. The molecule has 0 bridgehead atoms. The fraction of sp³-hybridized carbons (Fsp3) is 0.300. The zero-order valence-corrected chi connectivity index (χ0v) is 8.98. The van der Waals surface area contributed by atoms with Gasteiger partial charge in [0, 0.05) is 12.5 Å². The highest BCUT2D eigenvalue weighted by Gasteiger charge is 2.09. The molecule has 2 N–H and O–H groups in total. The van der Waals surface area contributed by atoms with Crippen LogP contribution in [-0.4, -0.2) is 5.84 Å². The van der Waals surface area contributed by atoms with E-state index in [0.717, 1.165) is 18.6 Å². The van der Waals surface area contributed by atoms with Crippen molar-refractivity contribution in [3.05, 3.63) is 28.8 Å². The average Bonchev–Trinajstić information content (AvgIpc) is 2.11. The lowest BCUT2D eigenvalue weighted by atomic mass is 10.3. The van der Waals surface area contributed by atoms with E-state index < -0.39 is 11.6 Å². The first-order chi connectivity index (χ1) is 7.04. The Balaban J connectivity index is 3.09. The summed E-state index contributed by atoms with van der Waals surface area (Å²) >= 11 is 5.64. The molecule has 1 aromatic carbocycles. The molecular formula is C10H11ClF2N2. The lowest BCUT2D eigenvalue weighted by molar-refractivity contribution is 0.585. The van der Waals surface area contributed by atoms with Crippen molar-refractivity contribution in [2.45, 2.75) is 19.8 Å². The van der Waals surface area contributed by atoms with Crippen molar-refractivity contribution < 1.29 is 8.78 Å². The van der Waals surface area contributed by atoms with E-state index in [4.69, 9.17) is 17.3 Å². The summed E-state index contributed by atoms with van der Waals surface area (Å²) in [6, 6.07) is 1.73. The molecule has 0 aromatic heterocycles. The summed E-state index contributed by atoms with van der Waals surface area (Å²) in [6.45, 7) is 1.92. The first kappa shape index (κ1) is 11.9. The van der Waals surface area contributed by atoms with E-state index in [1.54, 1.807) is 0 Å². The number of hydrogen-bond acceptors (Lipinski definition) is 1. The van der Waals surface area contributed by atoms with Crippen LogP contribution in [0.3, 0.4) is 0 Å². The smallest absolute Gasteiger partial charge is 0.153 e. The minimum Gasteiger partial charge on any atom is -0.387 e. The van der Waals surface area contributed by atoms with Crippen LogP contribution in [0.25, 0.3) is 0 Å². The molecule has 5 heteroatoms. The van der Waals surface area contributed by atoms with Gasteiger partial charge in [-0.05, 0) is 12.5 Å². The molecule has 82 valence electrons. The van der Waals surface area contributed by atoms with Crippen molar-refractivity contribution in [2.75, 3.05) is 0 Å². The first-order valence-electron chi connectivity index (χ1n) is 4.52. The molecule has 0 radical (unpaired) electrons. The summed E-state index contributed by atoms with van der Waals surface area (Å²) in [4.78, 5) is 3.81. The van der Waals surface area contributed by atoms with Gasteiger partial charge >= 0.3 is 0 Å². The molecule has 0 saturated carbocycles. The molecule has 0 saturated heterocycles. The molecule has 2 nitrogen and oxygen atoms in total. The fourth-order valence-corrected chi connectivity index (χ4v) is 1.33. The normalized spacial score (nSPS) is 11.9. The van der Waals surface area contributed by atoms with Crippen molar-refractivity contribution in [1.82, 2.24) is 0 Å². The Kier molecular flexibility index (Phi) is 4.03. The van der Waals surface area contributed by atoms with Gasteiger partial charge in [0.05, 0.1) is 10.9 Å². The minimum atomic E-state index is -0.806. The van der Waals surface area contributed by atoms with E-state index in [2.05, 4.69) is 4.99 Å². The predicted octanol–water partition coefficient (Wildman–Crippen LogP) is 3.41. The van der Waals surface area contributed by atoms with Crippen LogP contribution in [0.1, 0.15) is 19.8 Å². The second-order valence-electron chi connectivity index (χ2n) is 3.07. The Hall–Kier alpha value is -1.16. The number of halogens is 3. The van der Waals surface area contributed by atoms with Gasteiger partial charge < -0.3 is 5.73 Å². The van der Waals surface area contributed by atoms with Crippen LogP contribution in [0, 0.1) is 11.6 Å². The highest BCUT2D eigenvalue weighted by molar-refractivity contribution is 6.33. The second-order valence-corrected chi connectivity index (χ2v) is 3.48. The third-order valence-electron chi connectivity index (χ3n) is 1.74. The molecule has 0 heterocycles. The van der Waals surface area contributed by atoms with Gasteiger partial charge in [-0.2, -0.15) is 0 Å². The fourth-order valence-electron chi connectivity index (χ4n) is 1.10. The minimum absolute atomic E-state index is 0.0773. The third-order valence-corrected chi connectivity index (χ3v) is 2.03. The summed E-state index contributed by atoms with van der Waals surface area (Å²) in [6.07, 6.45) is 1.35. The number of aliphatic imine (C=N–C) groups is 1. The Morgan fingerprint density at radius 2 is 2.13 bits per heavy atom. The van der Waals surface area contributed by atoms with Gasteiger partial charge in [-0.25, -0.2) is 13.8 Å². The van der Waals surface area contributed by atoms with Crippen molar-refractivity contribution >= 4 is 23.1 Å². The molecule has 15 heavy (non-hydrogen) atoms. The molecule has 0 fully saturated rings. The largest absolute Gasteiger partial charge is 0.387 e. The van der Waals surface area contributed by atoms with Crippen LogP contribution in [0.5, 0.6) is 0 Å². The Bertz CT molecular complexity index is 368. The standard InChI is InChI=1S/C10H11ClF2N2/c1-2-3-9(14)15-10-7(11)4-6(12)5-8(10)13/h4-5H,2-3H2,1H3,(H2,14,15). The van der Waals surface area contributed by atoms with E-state index in [9.17, 15) is 8.78 Å².